The van der Waals surface area contributed by atoms with Crippen molar-refractivity contribution in [1.29, 1.82) is 0 Å². The molecule has 11 heteroatoms. The number of anilines is 1. The van der Waals surface area contributed by atoms with Crippen LogP contribution in [0, 0.1) is 11.6 Å². The third-order valence-electron chi connectivity index (χ3n) is 6.44. The number of carbonyl (C=O) groups excluding carboxylic acids is 1. The molecule has 2 aromatic heterocycles. The van der Waals surface area contributed by atoms with Gasteiger partial charge in [-0.1, -0.05) is 24.3 Å². The van der Waals surface area contributed by atoms with Gasteiger partial charge in [-0.05, 0) is 29.3 Å². The Bertz CT molecular complexity index is 1460. The fourth-order valence-electron chi connectivity index (χ4n) is 4.56. The van der Waals surface area contributed by atoms with E-state index in [-0.39, 0.29) is 6.42 Å². The molecule has 5 rings (SSSR count). The molecular weight excluding hydrogens is 496 g/mol. The molecule has 0 spiro atoms. The maximum atomic E-state index is 14.8. The summed E-state index contributed by atoms with van der Waals surface area (Å²) in [6.07, 6.45) is 5.49. The largest absolute Gasteiger partial charge is 0.480 e. The summed E-state index contributed by atoms with van der Waals surface area (Å²) in [5, 5.41) is 16.2. The lowest BCUT2D eigenvalue weighted by molar-refractivity contribution is -0.139. The zero-order chi connectivity index (χ0) is 26.6. The smallest absolute Gasteiger partial charge is 0.326 e. The van der Waals surface area contributed by atoms with E-state index in [0.717, 1.165) is 28.9 Å². The number of hydrogen-bond donors (Lipinski definition) is 2. The molecule has 1 unspecified atom stereocenters. The van der Waals surface area contributed by atoms with Crippen LogP contribution in [0.5, 0.6) is 0 Å². The molecule has 1 fully saturated rings. The summed E-state index contributed by atoms with van der Waals surface area (Å²) in [6.45, 7) is 1.81. The van der Waals surface area contributed by atoms with Crippen molar-refractivity contribution in [3.63, 3.8) is 0 Å². The second-order valence-electron chi connectivity index (χ2n) is 8.98. The summed E-state index contributed by atoms with van der Waals surface area (Å²) in [5.74, 6) is -4.57. The van der Waals surface area contributed by atoms with Crippen LogP contribution in [0.25, 0.3) is 5.52 Å². The van der Waals surface area contributed by atoms with Gasteiger partial charge in [0.25, 0.3) is 5.91 Å². The zero-order valence-electron chi connectivity index (χ0n) is 20.3. The Morgan fingerprint density at radius 3 is 2.53 bits per heavy atom. The number of nitrogens with one attached hydrogen (secondary N) is 1. The number of aromatic nitrogens is 3. The highest BCUT2D eigenvalue weighted by Gasteiger charge is 2.26. The van der Waals surface area contributed by atoms with Crippen LogP contribution in [0.4, 0.5) is 14.5 Å². The maximum Gasteiger partial charge on any atom is 0.326 e. The minimum absolute atomic E-state index is 0.0751. The van der Waals surface area contributed by atoms with Crippen molar-refractivity contribution in [1.82, 2.24) is 19.9 Å². The van der Waals surface area contributed by atoms with Crippen molar-refractivity contribution >= 4 is 23.1 Å². The number of benzene rings is 2. The summed E-state index contributed by atoms with van der Waals surface area (Å²) in [5.41, 5.74) is 2.67. The molecule has 1 aliphatic rings. The molecule has 196 valence electrons. The number of carboxylic acids is 1. The quantitative estimate of drug-likeness (QED) is 0.367. The zero-order valence-corrected chi connectivity index (χ0v) is 20.3. The fraction of sp³-hybridized carbons (Fsp3) is 0.259. The van der Waals surface area contributed by atoms with E-state index in [1.807, 2.05) is 18.2 Å². The lowest BCUT2D eigenvalue weighted by atomic mass is 10.0. The molecular formula is C27H25F2N5O4. The van der Waals surface area contributed by atoms with Crippen LogP contribution in [0.2, 0.25) is 0 Å². The van der Waals surface area contributed by atoms with Gasteiger partial charge in [-0.3, -0.25) is 9.78 Å². The van der Waals surface area contributed by atoms with Gasteiger partial charge >= 0.3 is 5.97 Å². The predicted octanol–water partition coefficient (Wildman–Crippen LogP) is 2.86. The Hall–Kier alpha value is -4.38. The van der Waals surface area contributed by atoms with E-state index in [9.17, 15) is 23.5 Å². The van der Waals surface area contributed by atoms with Crippen LogP contribution in [0.1, 0.15) is 27.2 Å². The molecule has 1 saturated heterocycles. The first kappa shape index (κ1) is 25.3. The van der Waals surface area contributed by atoms with E-state index >= 15 is 0 Å². The maximum absolute atomic E-state index is 14.8. The number of carbonyl (C=O) groups is 2. The van der Waals surface area contributed by atoms with E-state index in [0.29, 0.717) is 44.0 Å². The minimum Gasteiger partial charge on any atom is -0.480 e. The summed E-state index contributed by atoms with van der Waals surface area (Å²) >= 11 is 0. The van der Waals surface area contributed by atoms with Crippen LogP contribution in [0.3, 0.4) is 0 Å². The van der Waals surface area contributed by atoms with Gasteiger partial charge in [-0.2, -0.15) is 5.10 Å². The highest BCUT2D eigenvalue weighted by atomic mass is 19.1. The number of rotatable bonds is 8. The average molecular weight is 522 g/mol. The molecule has 2 N–H and O–H groups in total. The van der Waals surface area contributed by atoms with Gasteiger partial charge in [0, 0.05) is 44.0 Å². The van der Waals surface area contributed by atoms with Crippen molar-refractivity contribution in [2.75, 3.05) is 31.2 Å². The molecule has 38 heavy (non-hydrogen) atoms. The van der Waals surface area contributed by atoms with Gasteiger partial charge < -0.3 is 20.1 Å². The standard InChI is InChI=1S/C27H25F2N5O4/c28-20-15-19(33-8-10-38-11-9-33)16-21(29)25(20)26(35)32-23(27(36)37)14-18-3-1-2-17(12-18)13-22-24-4-5-31-34(24)7-6-30-22/h1-7,12,15-16,23H,8-11,13-14H2,(H,32,35)(H,36,37). The molecule has 0 radical (unpaired) electrons. The topological polar surface area (TPSA) is 109 Å². The van der Waals surface area contributed by atoms with E-state index in [2.05, 4.69) is 15.4 Å². The Morgan fingerprint density at radius 2 is 1.79 bits per heavy atom. The molecule has 0 bridgehead atoms. The molecule has 2 aromatic carbocycles. The number of carboxylic acid groups (broad SMARTS) is 1. The second kappa shape index (κ2) is 10.9. The van der Waals surface area contributed by atoms with Crippen LogP contribution in [-0.2, 0) is 22.4 Å². The second-order valence-corrected chi connectivity index (χ2v) is 8.98. The summed E-state index contributed by atoms with van der Waals surface area (Å²) in [6, 6.07) is 9.85. The number of fused-ring (bicyclic) bond motifs is 1. The third kappa shape index (κ3) is 5.47. The van der Waals surface area contributed by atoms with Gasteiger partial charge in [0.15, 0.2) is 0 Å². The lowest BCUT2D eigenvalue weighted by Gasteiger charge is -2.29. The van der Waals surface area contributed by atoms with Gasteiger partial charge in [0.2, 0.25) is 0 Å². The summed E-state index contributed by atoms with van der Waals surface area (Å²) < 4.78 is 36.6. The number of morpholine rings is 1. The minimum atomic E-state index is -1.40. The molecule has 1 amide bonds. The number of aliphatic carboxylic acids is 1. The Labute approximate surface area is 216 Å². The molecule has 3 heterocycles. The number of amides is 1. The first-order valence-corrected chi connectivity index (χ1v) is 12.1. The van der Waals surface area contributed by atoms with Crippen LogP contribution >= 0.6 is 0 Å². The first-order valence-electron chi connectivity index (χ1n) is 12.1. The fourth-order valence-corrected chi connectivity index (χ4v) is 4.56. The SMILES string of the molecule is O=C(NC(Cc1cccc(Cc2nccn3nccc23)c1)C(=O)O)c1c(F)cc(N2CCOCC2)cc1F. The van der Waals surface area contributed by atoms with E-state index in [4.69, 9.17) is 4.74 Å². The number of hydrogen-bond acceptors (Lipinski definition) is 6. The highest BCUT2D eigenvalue weighted by molar-refractivity contribution is 5.97. The Balaban J connectivity index is 1.31. The summed E-state index contributed by atoms with van der Waals surface area (Å²) in [4.78, 5) is 30.9. The first-order chi connectivity index (χ1) is 18.4. The van der Waals surface area contributed by atoms with Gasteiger partial charge in [-0.25, -0.2) is 18.1 Å². The van der Waals surface area contributed by atoms with E-state index < -0.39 is 35.1 Å². The van der Waals surface area contributed by atoms with E-state index in [1.54, 1.807) is 40.1 Å². The van der Waals surface area contributed by atoms with Crippen molar-refractivity contribution < 1.29 is 28.2 Å². The Kier molecular flexibility index (Phi) is 7.27. The molecule has 1 atom stereocenters. The molecule has 9 nitrogen and oxygen atoms in total. The Morgan fingerprint density at radius 1 is 1.05 bits per heavy atom. The third-order valence-corrected chi connectivity index (χ3v) is 6.44. The van der Waals surface area contributed by atoms with Crippen molar-refractivity contribution in [3.8, 4) is 0 Å². The molecule has 1 aliphatic heterocycles. The monoisotopic (exact) mass is 521 g/mol. The normalized spacial score (nSPS) is 14.4. The number of halogens is 2. The highest BCUT2D eigenvalue weighted by Crippen LogP contribution is 2.23. The van der Waals surface area contributed by atoms with Crippen LogP contribution < -0.4 is 10.2 Å². The predicted molar refractivity (Wildman–Crippen MR) is 134 cm³/mol. The van der Waals surface area contributed by atoms with Gasteiger partial charge in [0.1, 0.15) is 23.2 Å². The molecule has 0 aliphatic carbocycles. The van der Waals surface area contributed by atoms with Crippen molar-refractivity contribution in [2.24, 2.45) is 0 Å². The molecule has 4 aromatic rings. The van der Waals surface area contributed by atoms with Crippen molar-refractivity contribution in [3.05, 3.63) is 95.1 Å². The van der Waals surface area contributed by atoms with Gasteiger partial charge in [0.05, 0.1) is 30.6 Å². The molecule has 0 saturated carbocycles. The summed E-state index contributed by atoms with van der Waals surface area (Å²) in [7, 11) is 0. The number of nitrogens with zero attached hydrogens (tertiary/aromatic N) is 4. The van der Waals surface area contributed by atoms with E-state index in [1.165, 1.54) is 0 Å². The number of ether oxygens (including phenoxy) is 1. The van der Waals surface area contributed by atoms with Crippen molar-refractivity contribution in [2.45, 2.75) is 18.9 Å². The van der Waals surface area contributed by atoms with Crippen LogP contribution in [0.15, 0.2) is 61.1 Å². The van der Waals surface area contributed by atoms with Crippen LogP contribution in [-0.4, -0.2) is 63.9 Å². The van der Waals surface area contributed by atoms with Gasteiger partial charge in [-0.15, -0.1) is 0 Å². The lowest BCUT2D eigenvalue weighted by Crippen LogP contribution is -2.43. The average Bonchev–Trinajstić information content (AvgIpc) is 3.39.